The number of aromatic nitrogens is 2. The predicted molar refractivity (Wildman–Crippen MR) is 106 cm³/mol. The summed E-state index contributed by atoms with van der Waals surface area (Å²) in [6.07, 6.45) is 1.22. The number of anilines is 2. The van der Waals surface area contributed by atoms with E-state index in [0.717, 1.165) is 15.8 Å². The first kappa shape index (κ1) is 18.1. The number of rotatable bonds is 3. The molecule has 1 unspecified atom stereocenters. The lowest BCUT2D eigenvalue weighted by molar-refractivity contribution is 0.520. The lowest BCUT2D eigenvalue weighted by atomic mass is 10.1. The Kier molecular flexibility index (Phi) is 4.49. The van der Waals surface area contributed by atoms with Gasteiger partial charge in [0, 0.05) is 30.8 Å². The Morgan fingerprint density at radius 3 is 2.74 bits per heavy atom. The van der Waals surface area contributed by atoms with E-state index in [1.807, 2.05) is 6.07 Å². The normalized spacial score (nSPS) is 18.1. The molecule has 3 heterocycles. The minimum atomic E-state index is -3.33. The quantitative estimate of drug-likeness (QED) is 0.683. The van der Waals surface area contributed by atoms with Gasteiger partial charge >= 0.3 is 0 Å². The monoisotopic (exact) mass is 407 g/mol. The number of halogens is 1. The van der Waals surface area contributed by atoms with Crippen LogP contribution < -0.4 is 16.0 Å². The van der Waals surface area contributed by atoms with Crippen molar-refractivity contribution >= 4 is 43.2 Å². The van der Waals surface area contributed by atoms with Gasteiger partial charge in [-0.2, -0.15) is 4.98 Å². The van der Waals surface area contributed by atoms with Gasteiger partial charge in [-0.3, -0.25) is 0 Å². The summed E-state index contributed by atoms with van der Waals surface area (Å²) in [5, 5.41) is 3.13. The van der Waals surface area contributed by atoms with Gasteiger partial charge in [0.1, 0.15) is 21.8 Å². The molecule has 1 aliphatic heterocycles. The molecule has 27 heavy (non-hydrogen) atoms. The van der Waals surface area contributed by atoms with Crippen molar-refractivity contribution in [1.82, 2.24) is 15.3 Å². The summed E-state index contributed by atoms with van der Waals surface area (Å²) in [5.41, 5.74) is 6.75. The van der Waals surface area contributed by atoms with E-state index in [-0.39, 0.29) is 11.8 Å². The van der Waals surface area contributed by atoms with Crippen LogP contribution in [0.2, 0.25) is 0 Å². The number of nitrogen functional groups attached to an aromatic ring is 1. The van der Waals surface area contributed by atoms with Crippen molar-refractivity contribution in [2.75, 3.05) is 36.5 Å². The molecule has 2 aromatic heterocycles. The zero-order valence-corrected chi connectivity index (χ0v) is 16.1. The fourth-order valence-electron chi connectivity index (χ4n) is 3.20. The van der Waals surface area contributed by atoms with Crippen LogP contribution in [-0.4, -0.2) is 49.6 Å². The molecule has 1 saturated heterocycles. The standard InChI is InChI=1S/C17H18FN5O2S2/c1-27(24,25)14-9-20-6-7-23(14)15-12-8-13(10-2-4-11(18)5-3-10)26-16(12)22-17(19)21-15/h2-5,8,14,20H,6-7,9H2,1H3,(H2,19,21,22). The highest BCUT2D eigenvalue weighted by molar-refractivity contribution is 7.91. The Hall–Kier alpha value is -2.30. The maximum Gasteiger partial charge on any atom is 0.223 e. The first-order valence-electron chi connectivity index (χ1n) is 8.32. The number of hydrogen-bond acceptors (Lipinski definition) is 8. The largest absolute Gasteiger partial charge is 0.368 e. The van der Waals surface area contributed by atoms with Gasteiger partial charge in [-0.25, -0.2) is 17.8 Å². The highest BCUT2D eigenvalue weighted by atomic mass is 32.2. The number of hydrogen-bond donors (Lipinski definition) is 2. The van der Waals surface area contributed by atoms with Crippen molar-refractivity contribution in [1.29, 1.82) is 0 Å². The molecule has 10 heteroatoms. The summed E-state index contributed by atoms with van der Waals surface area (Å²) >= 11 is 1.41. The molecule has 1 fully saturated rings. The molecule has 1 atom stereocenters. The van der Waals surface area contributed by atoms with Gasteiger partial charge in [0.25, 0.3) is 0 Å². The van der Waals surface area contributed by atoms with Crippen molar-refractivity contribution in [3.63, 3.8) is 0 Å². The van der Waals surface area contributed by atoms with E-state index in [0.29, 0.717) is 30.3 Å². The smallest absolute Gasteiger partial charge is 0.223 e. The van der Waals surface area contributed by atoms with Crippen LogP contribution in [0.1, 0.15) is 0 Å². The third kappa shape index (κ3) is 3.47. The second kappa shape index (κ2) is 6.70. The van der Waals surface area contributed by atoms with Gasteiger partial charge in [-0.1, -0.05) is 12.1 Å². The van der Waals surface area contributed by atoms with Gasteiger partial charge < -0.3 is 16.0 Å². The van der Waals surface area contributed by atoms with E-state index < -0.39 is 15.2 Å². The maximum atomic E-state index is 13.2. The number of sulfone groups is 1. The average molecular weight is 407 g/mol. The van der Waals surface area contributed by atoms with Crippen LogP contribution in [0.5, 0.6) is 0 Å². The Labute approximate surface area is 160 Å². The van der Waals surface area contributed by atoms with Crippen molar-refractivity contribution in [3.05, 3.63) is 36.1 Å². The number of thiophene rings is 1. The summed E-state index contributed by atoms with van der Waals surface area (Å²) in [6.45, 7) is 1.45. The van der Waals surface area contributed by atoms with Crippen LogP contribution in [0.25, 0.3) is 20.7 Å². The van der Waals surface area contributed by atoms with Gasteiger partial charge in [0.15, 0.2) is 9.84 Å². The number of nitrogens with one attached hydrogen (secondary N) is 1. The van der Waals surface area contributed by atoms with Crippen molar-refractivity contribution in [2.24, 2.45) is 0 Å². The molecule has 0 amide bonds. The number of nitrogens with zero attached hydrogens (tertiary/aromatic N) is 3. The maximum absolute atomic E-state index is 13.2. The van der Waals surface area contributed by atoms with E-state index >= 15 is 0 Å². The Bertz CT molecular complexity index is 1100. The van der Waals surface area contributed by atoms with Crippen LogP contribution in [-0.2, 0) is 9.84 Å². The molecule has 3 N–H and O–H groups in total. The SMILES string of the molecule is CS(=O)(=O)C1CNCCN1c1nc(N)nc2sc(-c3ccc(F)cc3)cc12. The summed E-state index contributed by atoms with van der Waals surface area (Å²) in [4.78, 5) is 12.0. The molecule has 1 aromatic carbocycles. The minimum absolute atomic E-state index is 0.0933. The fraction of sp³-hybridized carbons (Fsp3) is 0.294. The number of piperazine rings is 1. The van der Waals surface area contributed by atoms with Gasteiger partial charge in [0.2, 0.25) is 5.95 Å². The molecular formula is C17H18FN5O2S2. The van der Waals surface area contributed by atoms with Crippen molar-refractivity contribution in [2.45, 2.75) is 5.37 Å². The summed E-state index contributed by atoms with van der Waals surface area (Å²) in [5.74, 6) is 0.302. The van der Waals surface area contributed by atoms with Gasteiger partial charge in [0.05, 0.1) is 5.39 Å². The van der Waals surface area contributed by atoms with Gasteiger partial charge in [-0.05, 0) is 23.8 Å². The Morgan fingerprint density at radius 2 is 2.04 bits per heavy atom. The molecule has 4 rings (SSSR count). The molecule has 142 valence electrons. The molecule has 0 saturated carbocycles. The van der Waals surface area contributed by atoms with Crippen molar-refractivity contribution in [3.8, 4) is 10.4 Å². The summed E-state index contributed by atoms with van der Waals surface area (Å²) < 4.78 is 37.7. The molecule has 3 aromatic rings. The Morgan fingerprint density at radius 1 is 1.30 bits per heavy atom. The molecule has 0 spiro atoms. The van der Waals surface area contributed by atoms with Gasteiger partial charge in [-0.15, -0.1) is 11.3 Å². The third-order valence-electron chi connectivity index (χ3n) is 4.48. The third-order valence-corrected chi connectivity index (χ3v) is 6.97. The van der Waals surface area contributed by atoms with Crippen LogP contribution >= 0.6 is 11.3 Å². The predicted octanol–water partition coefficient (Wildman–Crippen LogP) is 1.86. The van der Waals surface area contributed by atoms with E-state index in [1.54, 1.807) is 17.0 Å². The van der Waals surface area contributed by atoms with E-state index in [9.17, 15) is 12.8 Å². The zero-order chi connectivity index (χ0) is 19.2. The van der Waals surface area contributed by atoms with Crippen LogP contribution in [0.15, 0.2) is 30.3 Å². The topological polar surface area (TPSA) is 101 Å². The van der Waals surface area contributed by atoms with Crippen LogP contribution in [0.3, 0.4) is 0 Å². The van der Waals surface area contributed by atoms with Crippen LogP contribution in [0, 0.1) is 5.82 Å². The molecular weight excluding hydrogens is 389 g/mol. The number of fused-ring (bicyclic) bond motifs is 1. The minimum Gasteiger partial charge on any atom is -0.368 e. The first-order valence-corrected chi connectivity index (χ1v) is 11.1. The lowest BCUT2D eigenvalue weighted by Gasteiger charge is -2.36. The second-order valence-corrected chi connectivity index (χ2v) is 9.66. The number of nitrogens with two attached hydrogens (primary N) is 1. The van der Waals surface area contributed by atoms with E-state index in [4.69, 9.17) is 5.73 Å². The molecule has 0 aliphatic carbocycles. The second-order valence-electron chi connectivity index (χ2n) is 6.42. The van der Waals surface area contributed by atoms with Crippen LogP contribution in [0.4, 0.5) is 16.2 Å². The molecule has 1 aliphatic rings. The molecule has 7 nitrogen and oxygen atoms in total. The first-order chi connectivity index (χ1) is 12.8. The molecule has 0 radical (unpaired) electrons. The highest BCUT2D eigenvalue weighted by Crippen LogP contribution is 2.38. The van der Waals surface area contributed by atoms with Crippen molar-refractivity contribution < 1.29 is 12.8 Å². The molecule has 0 bridgehead atoms. The average Bonchev–Trinajstić information content (AvgIpc) is 3.04. The number of benzene rings is 1. The summed E-state index contributed by atoms with van der Waals surface area (Å²) in [6, 6.07) is 8.10. The lowest BCUT2D eigenvalue weighted by Crippen LogP contribution is -2.55. The zero-order valence-electron chi connectivity index (χ0n) is 14.5. The van der Waals surface area contributed by atoms with E-state index in [1.165, 1.54) is 29.7 Å². The Balaban J connectivity index is 1.86. The van der Waals surface area contributed by atoms with E-state index in [2.05, 4.69) is 15.3 Å². The highest BCUT2D eigenvalue weighted by Gasteiger charge is 2.33. The fourth-order valence-corrected chi connectivity index (χ4v) is 5.33. The summed E-state index contributed by atoms with van der Waals surface area (Å²) in [7, 11) is -3.33.